The highest BCUT2D eigenvalue weighted by Crippen LogP contribution is 2.33. The molecule has 5 N–H and O–H groups in total. The van der Waals surface area contributed by atoms with Crippen molar-refractivity contribution >= 4 is 35.6 Å². The summed E-state index contributed by atoms with van der Waals surface area (Å²) in [4.78, 5) is 45.9. The van der Waals surface area contributed by atoms with E-state index in [-0.39, 0.29) is 36.3 Å². The van der Waals surface area contributed by atoms with Gasteiger partial charge in [-0.05, 0) is 38.5 Å². The van der Waals surface area contributed by atoms with Gasteiger partial charge in [-0.1, -0.05) is 57.8 Å². The third-order valence-electron chi connectivity index (χ3n) is 7.37. The van der Waals surface area contributed by atoms with Crippen LogP contribution >= 0.6 is 11.8 Å². The fourth-order valence-corrected chi connectivity index (χ4v) is 6.68. The molecule has 9 nitrogen and oxygen atoms in total. The molecule has 0 aliphatic carbocycles. The van der Waals surface area contributed by atoms with Crippen molar-refractivity contribution in [3.8, 4) is 0 Å². The monoisotopic (exact) mass is 554 g/mol. The highest BCUT2D eigenvalue weighted by Gasteiger charge is 2.42. The Labute approximate surface area is 232 Å². The van der Waals surface area contributed by atoms with Gasteiger partial charge in [0, 0.05) is 43.4 Å². The number of carboxylic acid groups (broad SMARTS) is 1. The van der Waals surface area contributed by atoms with Crippen LogP contribution in [-0.2, 0) is 14.4 Å². The Morgan fingerprint density at radius 2 is 1.21 bits per heavy atom. The van der Waals surface area contributed by atoms with Crippen LogP contribution in [0.15, 0.2) is 0 Å². The summed E-state index contributed by atoms with van der Waals surface area (Å²) in [5.41, 5.74) is 0. The first-order valence-electron chi connectivity index (χ1n) is 14.9. The summed E-state index contributed by atoms with van der Waals surface area (Å²) in [5.74, 6) is 0.494. The number of fused-ring (bicyclic) bond motifs is 1. The number of urea groups is 1. The molecule has 10 heteroatoms. The molecule has 4 amide bonds. The number of amides is 4. The zero-order valence-electron chi connectivity index (χ0n) is 23.1. The van der Waals surface area contributed by atoms with Crippen molar-refractivity contribution in [1.82, 2.24) is 21.3 Å². The molecule has 0 unspecified atom stereocenters. The van der Waals surface area contributed by atoms with Gasteiger partial charge in [-0.15, -0.1) is 0 Å². The van der Waals surface area contributed by atoms with E-state index in [4.69, 9.17) is 5.11 Å². The summed E-state index contributed by atoms with van der Waals surface area (Å²) in [7, 11) is 0. The molecule has 2 rings (SSSR count). The molecule has 2 aliphatic heterocycles. The molecule has 0 saturated carbocycles. The number of unbranched alkanes of at least 4 members (excludes halogenated alkanes) is 11. The van der Waals surface area contributed by atoms with Crippen LogP contribution in [0, 0.1) is 0 Å². The third-order valence-corrected chi connectivity index (χ3v) is 8.88. The van der Waals surface area contributed by atoms with Gasteiger partial charge in [-0.2, -0.15) is 11.8 Å². The van der Waals surface area contributed by atoms with Crippen molar-refractivity contribution in [1.29, 1.82) is 0 Å². The molecule has 3 atom stereocenters. The molecule has 0 spiro atoms. The van der Waals surface area contributed by atoms with Gasteiger partial charge >= 0.3 is 12.0 Å². The van der Waals surface area contributed by atoms with Gasteiger partial charge in [0.05, 0.1) is 12.1 Å². The summed E-state index contributed by atoms with van der Waals surface area (Å²) < 4.78 is 0. The van der Waals surface area contributed by atoms with Crippen LogP contribution < -0.4 is 21.3 Å². The number of carboxylic acids is 1. The molecule has 2 aliphatic rings. The third kappa shape index (κ3) is 14.8. The molecule has 2 saturated heterocycles. The van der Waals surface area contributed by atoms with Crippen LogP contribution in [-0.4, -0.2) is 65.1 Å². The highest BCUT2D eigenvalue weighted by molar-refractivity contribution is 8.00. The van der Waals surface area contributed by atoms with E-state index < -0.39 is 5.97 Å². The Balaban J connectivity index is 1.28. The summed E-state index contributed by atoms with van der Waals surface area (Å²) in [6.45, 7) is 1.42. The molecule has 0 aromatic heterocycles. The molecule has 2 fully saturated rings. The number of nitrogens with one attached hydrogen (secondary N) is 4. The summed E-state index contributed by atoms with van der Waals surface area (Å²) >= 11 is 1.91. The average molecular weight is 555 g/mol. The zero-order chi connectivity index (χ0) is 27.4. The van der Waals surface area contributed by atoms with Gasteiger partial charge in [0.1, 0.15) is 0 Å². The first kappa shape index (κ1) is 32.2. The summed E-state index contributed by atoms with van der Waals surface area (Å²) in [6, 6.07) is 0.441. The van der Waals surface area contributed by atoms with E-state index in [9.17, 15) is 19.2 Å². The lowest BCUT2D eigenvalue weighted by Gasteiger charge is -2.16. The molecule has 2 heterocycles. The number of thioether (sulfide) groups is 1. The summed E-state index contributed by atoms with van der Waals surface area (Å²) in [5, 5.41) is 21.0. The van der Waals surface area contributed by atoms with E-state index in [0.717, 1.165) is 82.9 Å². The second-order valence-electron chi connectivity index (χ2n) is 10.7. The predicted molar refractivity (Wildman–Crippen MR) is 152 cm³/mol. The number of carbonyl (C=O) groups excluding carboxylic acids is 3. The minimum Gasteiger partial charge on any atom is -0.481 e. The van der Waals surface area contributed by atoms with Crippen LogP contribution in [0.4, 0.5) is 4.79 Å². The molecular weight excluding hydrogens is 504 g/mol. The normalized spacial score (nSPS) is 20.0. The van der Waals surface area contributed by atoms with Gasteiger partial charge in [-0.25, -0.2) is 4.79 Å². The minimum absolute atomic E-state index is 0.0523. The fraction of sp³-hybridized carbons (Fsp3) is 0.857. The molecule has 0 aromatic carbocycles. The predicted octanol–water partition coefficient (Wildman–Crippen LogP) is 4.49. The van der Waals surface area contributed by atoms with Crippen LogP contribution in [0.3, 0.4) is 0 Å². The lowest BCUT2D eigenvalue weighted by molar-refractivity contribution is -0.137. The van der Waals surface area contributed by atoms with E-state index in [2.05, 4.69) is 21.3 Å². The van der Waals surface area contributed by atoms with E-state index >= 15 is 0 Å². The number of carbonyl (C=O) groups is 4. The van der Waals surface area contributed by atoms with Crippen molar-refractivity contribution < 1.29 is 24.3 Å². The van der Waals surface area contributed by atoms with Crippen LogP contribution in [0.1, 0.15) is 116 Å². The number of hydrogen-bond donors (Lipinski definition) is 5. The Hall–Kier alpha value is -1.97. The second kappa shape index (κ2) is 20.0. The molecule has 0 bridgehead atoms. The maximum Gasteiger partial charge on any atom is 0.315 e. The maximum absolute atomic E-state index is 12.0. The SMILES string of the molecule is O=C(O)CCCCCCCCCCCNC(=O)CCCCCNC(=O)CCCC[C@@H]1SC[C@@H]2NC(=O)N[C@@H]21. The van der Waals surface area contributed by atoms with Gasteiger partial charge in [0.15, 0.2) is 0 Å². The van der Waals surface area contributed by atoms with Gasteiger partial charge in [-0.3, -0.25) is 14.4 Å². The smallest absolute Gasteiger partial charge is 0.315 e. The van der Waals surface area contributed by atoms with Gasteiger partial charge in [0.25, 0.3) is 0 Å². The number of hydrogen-bond acceptors (Lipinski definition) is 5. The Morgan fingerprint density at radius 3 is 1.82 bits per heavy atom. The van der Waals surface area contributed by atoms with Crippen molar-refractivity contribution in [2.24, 2.45) is 0 Å². The maximum atomic E-state index is 12.0. The van der Waals surface area contributed by atoms with E-state index in [1.807, 2.05) is 11.8 Å². The first-order chi connectivity index (χ1) is 18.5. The minimum atomic E-state index is -0.700. The van der Waals surface area contributed by atoms with Gasteiger partial charge in [0.2, 0.25) is 11.8 Å². The highest BCUT2D eigenvalue weighted by atomic mass is 32.2. The molecule has 0 aromatic rings. The lowest BCUT2D eigenvalue weighted by atomic mass is 10.0. The first-order valence-corrected chi connectivity index (χ1v) is 15.9. The second-order valence-corrected chi connectivity index (χ2v) is 12.0. The van der Waals surface area contributed by atoms with E-state index in [1.54, 1.807) is 0 Å². The summed E-state index contributed by atoms with van der Waals surface area (Å²) in [6.07, 6.45) is 16.8. The van der Waals surface area contributed by atoms with E-state index in [1.165, 1.54) is 25.7 Å². The average Bonchev–Trinajstić information content (AvgIpc) is 3.43. The number of rotatable bonds is 23. The zero-order valence-corrected chi connectivity index (χ0v) is 23.9. The standard InChI is InChI=1S/C28H50N4O5S/c33-24(29-19-13-7-5-3-1-2-4-6-10-18-26(35)36)16-9-8-14-20-30-25(34)17-12-11-15-23-27-22(21-38-23)31-28(37)32-27/h22-23,27H,1-21H2,(H,29,33)(H,30,34)(H,35,36)(H2,31,32,37)/t22-,23-,27-/m0/s1. The molecule has 0 radical (unpaired) electrons. The Kier molecular flexibility index (Phi) is 17.0. The number of aliphatic carboxylic acids is 1. The van der Waals surface area contributed by atoms with E-state index in [0.29, 0.717) is 24.6 Å². The lowest BCUT2D eigenvalue weighted by Crippen LogP contribution is -2.36. The van der Waals surface area contributed by atoms with Crippen molar-refractivity contribution in [3.63, 3.8) is 0 Å². The molecule has 38 heavy (non-hydrogen) atoms. The van der Waals surface area contributed by atoms with Crippen molar-refractivity contribution in [2.75, 3.05) is 18.8 Å². The Morgan fingerprint density at radius 1 is 0.711 bits per heavy atom. The van der Waals surface area contributed by atoms with Crippen molar-refractivity contribution in [2.45, 2.75) is 133 Å². The fourth-order valence-electron chi connectivity index (χ4n) is 5.13. The van der Waals surface area contributed by atoms with Crippen LogP contribution in [0.5, 0.6) is 0 Å². The van der Waals surface area contributed by atoms with Crippen LogP contribution in [0.25, 0.3) is 0 Å². The molecule has 218 valence electrons. The van der Waals surface area contributed by atoms with Crippen molar-refractivity contribution in [3.05, 3.63) is 0 Å². The topological polar surface area (TPSA) is 137 Å². The van der Waals surface area contributed by atoms with Crippen LogP contribution in [0.2, 0.25) is 0 Å². The largest absolute Gasteiger partial charge is 0.481 e. The van der Waals surface area contributed by atoms with Gasteiger partial charge < -0.3 is 26.4 Å². The molecular formula is C28H50N4O5S. The quantitative estimate of drug-likeness (QED) is 0.0932. The Bertz CT molecular complexity index is 723.